The van der Waals surface area contributed by atoms with E-state index in [-0.39, 0.29) is 5.54 Å². The van der Waals surface area contributed by atoms with Crippen LogP contribution in [0.1, 0.15) is 37.4 Å². The zero-order valence-electron chi connectivity index (χ0n) is 10.4. The molecule has 0 bridgehead atoms. The van der Waals surface area contributed by atoms with E-state index in [0.29, 0.717) is 12.1 Å². The first-order valence-corrected chi connectivity index (χ1v) is 6.67. The molecular weight excluding hydrogens is 220 g/mol. The summed E-state index contributed by atoms with van der Waals surface area (Å²) in [6.07, 6.45) is 2.46. The first kappa shape index (κ1) is 12.0. The van der Waals surface area contributed by atoms with E-state index in [4.69, 9.17) is 4.74 Å². The average Bonchev–Trinajstić information content (AvgIpc) is 2.57. The van der Waals surface area contributed by atoms with Crippen LogP contribution in [0, 0.1) is 6.92 Å². The molecule has 1 aromatic rings. The van der Waals surface area contributed by atoms with E-state index in [1.807, 2.05) is 0 Å². The minimum Gasteiger partial charge on any atom is -0.381 e. The number of hydrogen-bond donors (Lipinski definition) is 1. The van der Waals surface area contributed by atoms with Gasteiger partial charge in [0, 0.05) is 24.2 Å². The van der Waals surface area contributed by atoms with Gasteiger partial charge in [-0.15, -0.1) is 11.3 Å². The van der Waals surface area contributed by atoms with E-state index < -0.39 is 0 Å². The van der Waals surface area contributed by atoms with Gasteiger partial charge in [0.25, 0.3) is 0 Å². The molecule has 0 aliphatic heterocycles. The summed E-state index contributed by atoms with van der Waals surface area (Å²) >= 11 is 1.76. The molecule has 0 atom stereocenters. The van der Waals surface area contributed by atoms with Gasteiger partial charge in [-0.05, 0) is 33.6 Å². The Bertz CT molecular complexity index is 356. The van der Waals surface area contributed by atoms with E-state index in [1.165, 1.54) is 5.01 Å². The zero-order chi connectivity index (χ0) is 11.8. The molecule has 1 heterocycles. The summed E-state index contributed by atoms with van der Waals surface area (Å²) < 4.78 is 5.39. The number of hydrogen-bond acceptors (Lipinski definition) is 4. The lowest BCUT2D eigenvalue weighted by Crippen LogP contribution is -2.57. The Balaban J connectivity index is 2.16. The lowest BCUT2D eigenvalue weighted by molar-refractivity contribution is -0.0364. The normalized spacial score (nSPS) is 29.4. The molecule has 3 nitrogen and oxygen atoms in total. The summed E-state index contributed by atoms with van der Waals surface area (Å²) in [6, 6.07) is 0.474. The van der Waals surface area contributed by atoms with Gasteiger partial charge in [0.05, 0.1) is 11.6 Å². The number of methoxy groups -OCH3 is 1. The van der Waals surface area contributed by atoms with Crippen molar-refractivity contribution in [2.24, 2.45) is 0 Å². The summed E-state index contributed by atoms with van der Waals surface area (Å²) in [5.41, 5.74) is 1.18. The molecule has 16 heavy (non-hydrogen) atoms. The molecule has 90 valence electrons. The molecule has 4 heteroatoms. The van der Waals surface area contributed by atoms with E-state index in [1.54, 1.807) is 18.4 Å². The van der Waals surface area contributed by atoms with Gasteiger partial charge in [0.1, 0.15) is 5.01 Å². The van der Waals surface area contributed by atoms with Gasteiger partial charge in [-0.3, -0.25) is 0 Å². The van der Waals surface area contributed by atoms with Crippen LogP contribution in [0.3, 0.4) is 0 Å². The highest BCUT2D eigenvalue weighted by molar-refractivity contribution is 7.09. The molecule has 1 aromatic heterocycles. The smallest absolute Gasteiger partial charge is 0.113 e. The standard InChI is InChI=1S/C12H20N2OS/c1-8(2)14-12(5-10(6-12)15-4)11-13-9(3)7-16-11/h7-8,10,14H,5-6H2,1-4H3. The number of ether oxygens (including phenoxy) is 1. The van der Waals surface area contributed by atoms with Crippen molar-refractivity contribution in [3.63, 3.8) is 0 Å². The highest BCUT2D eigenvalue weighted by Gasteiger charge is 2.48. The maximum atomic E-state index is 5.39. The van der Waals surface area contributed by atoms with Crippen molar-refractivity contribution in [1.29, 1.82) is 0 Å². The van der Waals surface area contributed by atoms with Gasteiger partial charge in [0.2, 0.25) is 0 Å². The highest BCUT2D eigenvalue weighted by atomic mass is 32.1. The third-order valence-corrected chi connectivity index (χ3v) is 4.24. The van der Waals surface area contributed by atoms with Gasteiger partial charge in [-0.25, -0.2) is 4.98 Å². The molecule has 0 unspecified atom stereocenters. The summed E-state index contributed by atoms with van der Waals surface area (Å²) in [5.74, 6) is 0. The lowest BCUT2D eigenvalue weighted by Gasteiger charge is -2.47. The summed E-state index contributed by atoms with van der Waals surface area (Å²) in [6.45, 7) is 6.42. The molecule has 0 amide bonds. The zero-order valence-corrected chi connectivity index (χ0v) is 11.2. The third-order valence-electron chi connectivity index (χ3n) is 3.08. The molecule has 1 aliphatic carbocycles. The number of thiazole rings is 1. The van der Waals surface area contributed by atoms with Crippen molar-refractivity contribution in [3.05, 3.63) is 16.1 Å². The fourth-order valence-corrected chi connectivity index (χ4v) is 3.35. The van der Waals surface area contributed by atoms with Gasteiger partial charge >= 0.3 is 0 Å². The van der Waals surface area contributed by atoms with Crippen LogP contribution in [0.4, 0.5) is 0 Å². The van der Waals surface area contributed by atoms with Crippen LogP contribution in [0.15, 0.2) is 5.38 Å². The van der Waals surface area contributed by atoms with E-state index >= 15 is 0 Å². The van der Waals surface area contributed by atoms with Crippen molar-refractivity contribution in [3.8, 4) is 0 Å². The molecule has 1 fully saturated rings. The maximum absolute atomic E-state index is 5.39. The van der Waals surface area contributed by atoms with E-state index in [9.17, 15) is 0 Å². The van der Waals surface area contributed by atoms with Gasteiger partial charge < -0.3 is 10.1 Å². The van der Waals surface area contributed by atoms with Crippen LogP contribution < -0.4 is 5.32 Å². The molecule has 2 rings (SSSR count). The second kappa shape index (κ2) is 4.43. The van der Waals surface area contributed by atoms with Gasteiger partial charge in [-0.1, -0.05) is 0 Å². The second-order valence-corrected chi connectivity index (χ2v) is 5.80. The molecule has 1 N–H and O–H groups in total. The Morgan fingerprint density at radius 3 is 2.69 bits per heavy atom. The fourth-order valence-electron chi connectivity index (χ4n) is 2.36. The molecule has 0 aromatic carbocycles. The van der Waals surface area contributed by atoms with Crippen molar-refractivity contribution in [2.45, 2.75) is 51.3 Å². The van der Waals surface area contributed by atoms with Crippen molar-refractivity contribution >= 4 is 11.3 Å². The summed E-state index contributed by atoms with van der Waals surface area (Å²) in [5, 5.41) is 6.99. The van der Waals surface area contributed by atoms with Gasteiger partial charge in [0.15, 0.2) is 0 Å². The highest BCUT2D eigenvalue weighted by Crippen LogP contribution is 2.44. The first-order valence-electron chi connectivity index (χ1n) is 5.79. The summed E-state index contributed by atoms with van der Waals surface area (Å²) in [7, 11) is 1.79. The third kappa shape index (κ3) is 2.14. The van der Waals surface area contributed by atoms with Crippen molar-refractivity contribution < 1.29 is 4.74 Å². The van der Waals surface area contributed by atoms with Crippen LogP contribution in [0.5, 0.6) is 0 Å². The van der Waals surface area contributed by atoms with Crippen LogP contribution >= 0.6 is 11.3 Å². The Morgan fingerprint density at radius 1 is 1.56 bits per heavy atom. The minimum absolute atomic E-state index is 0.0633. The fraction of sp³-hybridized carbons (Fsp3) is 0.750. The Kier molecular flexibility index (Phi) is 3.33. The monoisotopic (exact) mass is 240 g/mol. The largest absolute Gasteiger partial charge is 0.381 e. The lowest BCUT2D eigenvalue weighted by atomic mass is 9.74. The summed E-state index contributed by atoms with van der Waals surface area (Å²) in [4.78, 5) is 4.63. The topological polar surface area (TPSA) is 34.1 Å². The van der Waals surface area contributed by atoms with Crippen LogP contribution in [0.25, 0.3) is 0 Å². The molecule has 0 saturated heterocycles. The number of aryl methyl sites for hydroxylation is 1. The number of rotatable bonds is 4. The minimum atomic E-state index is 0.0633. The number of aromatic nitrogens is 1. The van der Waals surface area contributed by atoms with E-state index in [2.05, 4.69) is 36.5 Å². The van der Waals surface area contributed by atoms with E-state index in [0.717, 1.165) is 18.5 Å². The Morgan fingerprint density at radius 2 is 2.25 bits per heavy atom. The quantitative estimate of drug-likeness (QED) is 0.878. The SMILES string of the molecule is COC1CC(NC(C)C)(c2nc(C)cs2)C1. The van der Waals surface area contributed by atoms with Crippen LogP contribution in [-0.2, 0) is 10.3 Å². The Labute approximate surface area is 101 Å². The molecule has 1 aliphatic rings. The number of nitrogens with zero attached hydrogens (tertiary/aromatic N) is 1. The van der Waals surface area contributed by atoms with Crippen molar-refractivity contribution in [1.82, 2.24) is 10.3 Å². The second-order valence-electron chi connectivity index (χ2n) is 4.94. The van der Waals surface area contributed by atoms with Crippen molar-refractivity contribution in [2.75, 3.05) is 7.11 Å². The predicted molar refractivity (Wildman–Crippen MR) is 66.8 cm³/mol. The van der Waals surface area contributed by atoms with Crippen LogP contribution in [-0.4, -0.2) is 24.2 Å². The first-order chi connectivity index (χ1) is 7.55. The molecule has 0 spiro atoms. The Hall–Kier alpha value is -0.450. The van der Waals surface area contributed by atoms with Crippen LogP contribution in [0.2, 0.25) is 0 Å². The average molecular weight is 240 g/mol. The predicted octanol–water partition coefficient (Wildman–Crippen LogP) is 2.45. The molecule has 1 saturated carbocycles. The molecule has 0 radical (unpaired) electrons. The number of nitrogens with one attached hydrogen (secondary N) is 1. The molecular formula is C12H20N2OS. The maximum Gasteiger partial charge on any atom is 0.113 e. The van der Waals surface area contributed by atoms with Gasteiger partial charge in [-0.2, -0.15) is 0 Å².